The van der Waals surface area contributed by atoms with Gasteiger partial charge in [0.25, 0.3) is 0 Å². The molecule has 0 aliphatic carbocycles. The maximum atomic E-state index is 4.57. The number of hydrogen-bond donors (Lipinski definition) is 1. The molecular weight excluding hydrogens is 242 g/mol. The van der Waals surface area contributed by atoms with Crippen LogP contribution in [0.3, 0.4) is 0 Å². The average Bonchev–Trinajstić information content (AvgIpc) is 2.87. The van der Waals surface area contributed by atoms with Gasteiger partial charge in [-0.05, 0) is 24.3 Å². The van der Waals surface area contributed by atoms with Crippen molar-refractivity contribution in [2.45, 2.75) is 34.2 Å². The Labute approximate surface area is 115 Å². The second-order valence-electron chi connectivity index (χ2n) is 5.99. The van der Waals surface area contributed by atoms with Crippen molar-refractivity contribution in [3.8, 4) is 0 Å². The smallest absolute Gasteiger partial charge is 0.185 e. The normalized spacial score (nSPS) is 24.2. The molecule has 3 nitrogen and oxygen atoms in total. The van der Waals surface area contributed by atoms with Crippen LogP contribution in [0.2, 0.25) is 0 Å². The van der Waals surface area contributed by atoms with E-state index in [0.717, 1.165) is 38.0 Å². The van der Waals surface area contributed by atoms with Crippen LogP contribution in [0.15, 0.2) is 6.20 Å². The Morgan fingerprint density at radius 1 is 1.39 bits per heavy atom. The zero-order chi connectivity index (χ0) is 13.1. The molecule has 2 unspecified atom stereocenters. The van der Waals surface area contributed by atoms with Gasteiger partial charge in [0, 0.05) is 30.7 Å². The van der Waals surface area contributed by atoms with Crippen LogP contribution in [0.4, 0.5) is 5.13 Å². The number of aromatic nitrogens is 1. The molecular formula is C14H25N3S. The lowest BCUT2D eigenvalue weighted by molar-refractivity contribution is 0.494. The Kier molecular flexibility index (Phi) is 4.62. The molecule has 0 spiro atoms. The number of nitrogens with one attached hydrogen (secondary N) is 1. The van der Waals surface area contributed by atoms with Crippen molar-refractivity contribution in [2.75, 3.05) is 24.5 Å². The molecule has 2 rings (SSSR count). The van der Waals surface area contributed by atoms with Gasteiger partial charge in [-0.25, -0.2) is 4.98 Å². The van der Waals surface area contributed by atoms with Crippen LogP contribution in [0.25, 0.3) is 0 Å². The Hall–Kier alpha value is -0.610. The molecule has 4 heteroatoms. The first-order chi connectivity index (χ1) is 8.56. The molecule has 1 aromatic rings. The van der Waals surface area contributed by atoms with Crippen LogP contribution >= 0.6 is 11.3 Å². The molecule has 102 valence electrons. The molecule has 1 aromatic heterocycles. The van der Waals surface area contributed by atoms with E-state index in [1.807, 2.05) is 17.5 Å². The van der Waals surface area contributed by atoms with Gasteiger partial charge in [0.05, 0.1) is 0 Å². The van der Waals surface area contributed by atoms with Gasteiger partial charge in [0.2, 0.25) is 0 Å². The van der Waals surface area contributed by atoms with Crippen LogP contribution in [0, 0.1) is 17.8 Å². The Bertz CT molecular complexity index is 365. The molecule has 0 aromatic carbocycles. The second kappa shape index (κ2) is 6.02. The van der Waals surface area contributed by atoms with E-state index in [1.54, 1.807) is 0 Å². The molecule has 18 heavy (non-hydrogen) atoms. The van der Waals surface area contributed by atoms with E-state index in [0.29, 0.717) is 5.92 Å². The van der Waals surface area contributed by atoms with Gasteiger partial charge in [-0.3, -0.25) is 0 Å². The zero-order valence-electron chi connectivity index (χ0n) is 11.9. The summed E-state index contributed by atoms with van der Waals surface area (Å²) in [6.07, 6.45) is 2.03. The van der Waals surface area contributed by atoms with Crippen LogP contribution in [-0.2, 0) is 6.54 Å². The topological polar surface area (TPSA) is 28.2 Å². The highest BCUT2D eigenvalue weighted by Crippen LogP contribution is 2.30. The summed E-state index contributed by atoms with van der Waals surface area (Å²) in [4.78, 5) is 8.35. The SMILES string of the molecule is CC(C)CNCc1cnc(N2CC(C)C(C)C2)s1. The predicted molar refractivity (Wildman–Crippen MR) is 79.2 cm³/mol. The fourth-order valence-electron chi connectivity index (χ4n) is 2.30. The summed E-state index contributed by atoms with van der Waals surface area (Å²) >= 11 is 1.84. The van der Waals surface area contributed by atoms with Crippen molar-refractivity contribution in [3.05, 3.63) is 11.1 Å². The lowest BCUT2D eigenvalue weighted by atomic mass is 10.0. The summed E-state index contributed by atoms with van der Waals surface area (Å²) in [6, 6.07) is 0. The van der Waals surface area contributed by atoms with Crippen molar-refractivity contribution in [1.29, 1.82) is 0 Å². The summed E-state index contributed by atoms with van der Waals surface area (Å²) in [7, 11) is 0. The van der Waals surface area contributed by atoms with Crippen LogP contribution in [0.1, 0.15) is 32.6 Å². The molecule has 1 N–H and O–H groups in total. The van der Waals surface area contributed by atoms with Crippen LogP contribution in [-0.4, -0.2) is 24.6 Å². The summed E-state index contributed by atoms with van der Waals surface area (Å²) < 4.78 is 0. The van der Waals surface area contributed by atoms with Crippen molar-refractivity contribution in [1.82, 2.24) is 10.3 Å². The standard InChI is InChI=1S/C14H25N3S/c1-10(2)5-15-6-13-7-16-14(18-13)17-8-11(3)12(4)9-17/h7,10-12,15H,5-6,8-9H2,1-4H3. The molecule has 1 fully saturated rings. The first-order valence-electron chi connectivity index (χ1n) is 6.96. The van der Waals surface area contributed by atoms with Gasteiger partial charge in [-0.15, -0.1) is 11.3 Å². The van der Waals surface area contributed by atoms with Gasteiger partial charge in [0.15, 0.2) is 5.13 Å². The van der Waals surface area contributed by atoms with Crippen LogP contribution in [0.5, 0.6) is 0 Å². The number of nitrogens with zero attached hydrogens (tertiary/aromatic N) is 2. The molecule has 0 radical (unpaired) electrons. The summed E-state index contributed by atoms with van der Waals surface area (Å²) in [5.74, 6) is 2.28. The molecule has 2 heterocycles. The number of rotatable bonds is 5. The van der Waals surface area contributed by atoms with Gasteiger partial charge < -0.3 is 10.2 Å². The minimum absolute atomic E-state index is 0.706. The second-order valence-corrected chi connectivity index (χ2v) is 7.09. The van der Waals surface area contributed by atoms with Gasteiger partial charge in [-0.2, -0.15) is 0 Å². The third-order valence-electron chi connectivity index (χ3n) is 3.65. The number of thiazole rings is 1. The molecule has 1 saturated heterocycles. The Morgan fingerprint density at radius 2 is 2.06 bits per heavy atom. The van der Waals surface area contributed by atoms with E-state index in [-0.39, 0.29) is 0 Å². The third-order valence-corrected chi connectivity index (χ3v) is 4.71. The quantitative estimate of drug-likeness (QED) is 0.889. The molecule has 0 amide bonds. The van der Waals surface area contributed by atoms with Crippen molar-refractivity contribution >= 4 is 16.5 Å². The fraction of sp³-hybridized carbons (Fsp3) is 0.786. The minimum Gasteiger partial charge on any atom is -0.348 e. The third kappa shape index (κ3) is 3.45. The highest BCUT2D eigenvalue weighted by atomic mass is 32.1. The molecule has 1 aliphatic heterocycles. The largest absolute Gasteiger partial charge is 0.348 e. The number of hydrogen-bond acceptors (Lipinski definition) is 4. The maximum absolute atomic E-state index is 4.57. The van der Waals surface area contributed by atoms with E-state index in [9.17, 15) is 0 Å². The molecule has 2 atom stereocenters. The zero-order valence-corrected chi connectivity index (χ0v) is 12.8. The van der Waals surface area contributed by atoms with Crippen LogP contribution < -0.4 is 10.2 Å². The van der Waals surface area contributed by atoms with E-state index < -0.39 is 0 Å². The summed E-state index contributed by atoms with van der Waals surface area (Å²) in [6.45, 7) is 13.5. The Balaban J connectivity index is 1.86. The number of anilines is 1. The highest BCUT2D eigenvalue weighted by Gasteiger charge is 2.27. The summed E-state index contributed by atoms with van der Waals surface area (Å²) in [5, 5.41) is 4.68. The van der Waals surface area contributed by atoms with E-state index in [4.69, 9.17) is 0 Å². The van der Waals surface area contributed by atoms with Gasteiger partial charge in [0.1, 0.15) is 0 Å². The first kappa shape index (κ1) is 13.8. The van der Waals surface area contributed by atoms with Crippen molar-refractivity contribution in [2.24, 2.45) is 17.8 Å². The van der Waals surface area contributed by atoms with Gasteiger partial charge in [-0.1, -0.05) is 27.7 Å². The fourth-order valence-corrected chi connectivity index (χ4v) is 3.19. The molecule has 0 bridgehead atoms. The van der Waals surface area contributed by atoms with Crippen molar-refractivity contribution < 1.29 is 0 Å². The van der Waals surface area contributed by atoms with E-state index in [2.05, 4.69) is 42.9 Å². The Morgan fingerprint density at radius 3 is 2.67 bits per heavy atom. The minimum atomic E-state index is 0.706. The monoisotopic (exact) mass is 267 g/mol. The highest BCUT2D eigenvalue weighted by molar-refractivity contribution is 7.15. The lowest BCUT2D eigenvalue weighted by Gasteiger charge is -2.13. The summed E-state index contributed by atoms with van der Waals surface area (Å²) in [5.41, 5.74) is 0. The van der Waals surface area contributed by atoms with Crippen molar-refractivity contribution in [3.63, 3.8) is 0 Å². The first-order valence-corrected chi connectivity index (χ1v) is 7.78. The van der Waals surface area contributed by atoms with E-state index >= 15 is 0 Å². The molecule has 0 saturated carbocycles. The molecule has 1 aliphatic rings. The predicted octanol–water partition coefficient (Wildman–Crippen LogP) is 2.98. The van der Waals surface area contributed by atoms with E-state index in [1.165, 1.54) is 10.0 Å². The van der Waals surface area contributed by atoms with Gasteiger partial charge >= 0.3 is 0 Å². The average molecular weight is 267 g/mol. The lowest BCUT2D eigenvalue weighted by Crippen LogP contribution is -2.19. The maximum Gasteiger partial charge on any atom is 0.185 e.